The fourth-order valence-corrected chi connectivity index (χ4v) is 3.97. The molecule has 3 heterocycles. The molecule has 1 aliphatic rings. The van der Waals surface area contributed by atoms with Crippen LogP contribution >= 0.6 is 11.3 Å². The minimum absolute atomic E-state index is 0.103. The van der Waals surface area contributed by atoms with Crippen LogP contribution in [0, 0.1) is 0 Å². The summed E-state index contributed by atoms with van der Waals surface area (Å²) < 4.78 is 5.39. The van der Waals surface area contributed by atoms with E-state index in [1.807, 2.05) is 59.8 Å². The monoisotopic (exact) mass is 353 g/mol. The molecular weight excluding hydrogens is 334 g/mol. The summed E-state index contributed by atoms with van der Waals surface area (Å²) in [6.45, 7) is 1.41. The first-order valence-corrected chi connectivity index (χ1v) is 9.15. The van der Waals surface area contributed by atoms with Crippen LogP contribution in [0.4, 0.5) is 5.69 Å². The van der Waals surface area contributed by atoms with E-state index in [1.54, 1.807) is 17.6 Å². The second kappa shape index (κ2) is 6.82. The van der Waals surface area contributed by atoms with E-state index < -0.39 is 0 Å². The minimum atomic E-state index is -0.103. The molecule has 6 heteroatoms. The highest BCUT2D eigenvalue weighted by Crippen LogP contribution is 2.27. The lowest BCUT2D eigenvalue weighted by atomic mass is 10.2. The van der Waals surface area contributed by atoms with Gasteiger partial charge in [0, 0.05) is 24.2 Å². The van der Waals surface area contributed by atoms with E-state index in [4.69, 9.17) is 4.42 Å². The average molecular weight is 353 g/mol. The Bertz CT molecular complexity index is 845. The zero-order chi connectivity index (χ0) is 17.2. The predicted octanol–water partition coefficient (Wildman–Crippen LogP) is 3.64. The Balaban J connectivity index is 1.43. The first kappa shape index (κ1) is 16.1. The number of para-hydroxylation sites is 1. The molecule has 1 atom stereocenters. The zero-order valence-corrected chi connectivity index (χ0v) is 14.8. The van der Waals surface area contributed by atoms with Crippen LogP contribution in [-0.2, 0) is 11.3 Å². The third-order valence-corrected chi connectivity index (χ3v) is 5.38. The summed E-state index contributed by atoms with van der Waals surface area (Å²) in [7, 11) is 1.99. The Morgan fingerprint density at radius 2 is 2.12 bits per heavy atom. The quantitative estimate of drug-likeness (QED) is 0.703. The van der Waals surface area contributed by atoms with Crippen molar-refractivity contribution in [1.29, 1.82) is 0 Å². The third-order valence-electron chi connectivity index (χ3n) is 4.47. The molecule has 1 unspecified atom stereocenters. The highest BCUT2D eigenvalue weighted by Gasteiger charge is 2.35. The number of likely N-dealkylation sites (N-methyl/N-ethyl adjacent to an activating group) is 1. The van der Waals surface area contributed by atoms with Crippen LogP contribution in [-0.4, -0.2) is 35.4 Å². The van der Waals surface area contributed by atoms with E-state index >= 15 is 0 Å². The van der Waals surface area contributed by atoms with E-state index in [0.29, 0.717) is 6.54 Å². The summed E-state index contributed by atoms with van der Waals surface area (Å²) in [5.74, 6) is 0.946. The topological polar surface area (TPSA) is 49.6 Å². The third kappa shape index (κ3) is 3.23. The van der Waals surface area contributed by atoms with Crippen molar-refractivity contribution in [2.45, 2.75) is 19.0 Å². The molecule has 5 nitrogen and oxygen atoms in total. The lowest BCUT2D eigenvalue weighted by Gasteiger charge is -2.23. The molecule has 0 aliphatic carbocycles. The molecule has 1 saturated heterocycles. The van der Waals surface area contributed by atoms with Crippen molar-refractivity contribution in [2.24, 2.45) is 0 Å². The van der Waals surface area contributed by atoms with Crippen LogP contribution in [0.2, 0.25) is 0 Å². The van der Waals surface area contributed by atoms with E-state index in [2.05, 4.69) is 9.88 Å². The Hall–Kier alpha value is -2.44. The summed E-state index contributed by atoms with van der Waals surface area (Å²) in [5, 5.41) is 2.90. The number of furan rings is 1. The smallest absolute Gasteiger partial charge is 0.244 e. The van der Waals surface area contributed by atoms with Gasteiger partial charge < -0.3 is 9.32 Å². The molecule has 3 aromatic rings. The van der Waals surface area contributed by atoms with E-state index in [-0.39, 0.29) is 11.9 Å². The number of anilines is 1. The molecule has 1 aliphatic heterocycles. The molecule has 25 heavy (non-hydrogen) atoms. The summed E-state index contributed by atoms with van der Waals surface area (Å²) in [4.78, 5) is 21.4. The summed E-state index contributed by atoms with van der Waals surface area (Å²) in [6.07, 6.45) is 2.48. The molecule has 0 spiro atoms. The Morgan fingerprint density at radius 1 is 1.28 bits per heavy atom. The van der Waals surface area contributed by atoms with Crippen LogP contribution in [0.15, 0.2) is 58.5 Å². The lowest BCUT2D eigenvalue weighted by molar-refractivity contribution is -0.121. The summed E-state index contributed by atoms with van der Waals surface area (Å²) >= 11 is 1.56. The number of nitrogens with zero attached hydrogens (tertiary/aromatic N) is 3. The molecular formula is C19H19N3O2S. The van der Waals surface area contributed by atoms with Gasteiger partial charge in [-0.2, -0.15) is 0 Å². The predicted molar refractivity (Wildman–Crippen MR) is 98.5 cm³/mol. The fourth-order valence-electron chi connectivity index (χ4n) is 3.20. The first-order valence-electron chi connectivity index (χ1n) is 8.27. The first-order chi connectivity index (χ1) is 12.2. The van der Waals surface area contributed by atoms with Crippen molar-refractivity contribution in [3.05, 3.63) is 59.8 Å². The van der Waals surface area contributed by atoms with Crippen molar-refractivity contribution in [2.75, 3.05) is 18.5 Å². The number of thiazole rings is 1. The molecule has 1 fully saturated rings. The van der Waals surface area contributed by atoms with Crippen molar-refractivity contribution in [3.63, 3.8) is 0 Å². The number of aromatic nitrogens is 1. The van der Waals surface area contributed by atoms with Crippen molar-refractivity contribution in [1.82, 2.24) is 9.88 Å². The van der Waals surface area contributed by atoms with Crippen LogP contribution in [0.5, 0.6) is 0 Å². The number of carbonyl (C=O) groups is 1. The van der Waals surface area contributed by atoms with Crippen molar-refractivity contribution in [3.8, 4) is 10.8 Å². The van der Waals surface area contributed by atoms with Gasteiger partial charge in [0.25, 0.3) is 0 Å². The van der Waals surface area contributed by atoms with Crippen molar-refractivity contribution < 1.29 is 9.21 Å². The Morgan fingerprint density at radius 3 is 2.88 bits per heavy atom. The second-order valence-corrected chi connectivity index (χ2v) is 7.02. The molecule has 0 N–H and O–H groups in total. The van der Waals surface area contributed by atoms with Gasteiger partial charge in [0.1, 0.15) is 0 Å². The van der Waals surface area contributed by atoms with Gasteiger partial charge >= 0.3 is 0 Å². The maximum atomic E-state index is 12.8. The van der Waals surface area contributed by atoms with Gasteiger partial charge in [0.15, 0.2) is 10.8 Å². The van der Waals surface area contributed by atoms with E-state index in [1.165, 1.54) is 0 Å². The molecule has 1 aromatic carbocycles. The SMILES string of the molecule is CN(Cc1csc(-c2ccco2)n1)C1CCN(c2ccccc2)C1=O. The maximum absolute atomic E-state index is 12.8. The average Bonchev–Trinajstić information content (AvgIpc) is 3.35. The van der Waals surface area contributed by atoms with Gasteiger partial charge in [-0.3, -0.25) is 9.69 Å². The van der Waals surface area contributed by atoms with E-state index in [0.717, 1.165) is 35.1 Å². The van der Waals surface area contributed by atoms with Gasteiger partial charge in [-0.1, -0.05) is 18.2 Å². The Kier molecular flexibility index (Phi) is 4.38. The van der Waals surface area contributed by atoms with Gasteiger partial charge in [-0.05, 0) is 37.7 Å². The molecule has 1 amide bonds. The lowest BCUT2D eigenvalue weighted by Crippen LogP contribution is -2.39. The molecule has 4 rings (SSSR count). The minimum Gasteiger partial charge on any atom is -0.462 e. The second-order valence-electron chi connectivity index (χ2n) is 6.17. The molecule has 128 valence electrons. The Labute approximate surface area is 150 Å². The molecule has 2 aromatic heterocycles. The molecule has 0 saturated carbocycles. The van der Waals surface area contributed by atoms with Crippen LogP contribution < -0.4 is 4.90 Å². The van der Waals surface area contributed by atoms with Gasteiger partial charge in [0.05, 0.1) is 18.0 Å². The summed E-state index contributed by atoms with van der Waals surface area (Å²) in [5.41, 5.74) is 1.93. The molecule has 0 radical (unpaired) electrons. The summed E-state index contributed by atoms with van der Waals surface area (Å²) in [6, 6.07) is 13.5. The van der Waals surface area contributed by atoms with Crippen LogP contribution in [0.3, 0.4) is 0 Å². The highest BCUT2D eigenvalue weighted by atomic mass is 32.1. The zero-order valence-electron chi connectivity index (χ0n) is 14.0. The van der Waals surface area contributed by atoms with E-state index in [9.17, 15) is 4.79 Å². The maximum Gasteiger partial charge on any atom is 0.244 e. The van der Waals surface area contributed by atoms with Gasteiger partial charge in [0.2, 0.25) is 5.91 Å². The normalized spacial score (nSPS) is 17.6. The highest BCUT2D eigenvalue weighted by molar-refractivity contribution is 7.13. The molecule has 0 bridgehead atoms. The van der Waals surface area contributed by atoms with Crippen molar-refractivity contribution >= 4 is 22.9 Å². The standard InChI is InChI=1S/C19H19N3O2S/c1-21(12-14-13-25-18(20-14)17-8-5-11-24-17)16-9-10-22(19(16)23)15-6-3-2-4-7-15/h2-8,11,13,16H,9-10,12H2,1H3. The number of benzene rings is 1. The number of carbonyl (C=O) groups excluding carboxylic acids is 1. The van der Waals surface area contributed by atoms with Gasteiger partial charge in [-0.25, -0.2) is 4.98 Å². The number of hydrogen-bond donors (Lipinski definition) is 0. The largest absolute Gasteiger partial charge is 0.462 e. The number of hydrogen-bond acceptors (Lipinski definition) is 5. The fraction of sp³-hybridized carbons (Fsp3) is 0.263. The van der Waals surface area contributed by atoms with Crippen LogP contribution in [0.1, 0.15) is 12.1 Å². The van der Waals surface area contributed by atoms with Gasteiger partial charge in [-0.15, -0.1) is 11.3 Å². The number of amides is 1. The number of rotatable bonds is 5. The van der Waals surface area contributed by atoms with Crippen LogP contribution in [0.25, 0.3) is 10.8 Å².